The van der Waals surface area contributed by atoms with Crippen molar-refractivity contribution in [2.75, 3.05) is 5.75 Å². The molecule has 53 valence electrons. The van der Waals surface area contributed by atoms with Gasteiger partial charge in [-0.15, -0.1) is 6.58 Å². The Balaban J connectivity index is 2.66. The van der Waals surface area contributed by atoms with Crippen molar-refractivity contribution in [3.63, 3.8) is 0 Å². The first kappa shape index (κ1) is 9.09. The predicted octanol–water partition coefficient (Wildman–Crippen LogP) is 3.26. The summed E-state index contributed by atoms with van der Waals surface area (Å²) in [6.07, 6.45) is 5.86. The maximum absolute atomic E-state index is 3.60. The van der Waals surface area contributed by atoms with Crippen molar-refractivity contribution >= 4 is 11.8 Å². The molecule has 0 aliphatic carbocycles. The standard InChI is InChI=1S/C8H15S/c1-3-5-6-8-9-7-4-2/h4,7H,2-3,5-6,8H2,1H3. The molecule has 0 saturated heterocycles. The van der Waals surface area contributed by atoms with Crippen LogP contribution in [0.1, 0.15) is 26.2 Å². The van der Waals surface area contributed by atoms with E-state index in [1.54, 1.807) is 0 Å². The van der Waals surface area contributed by atoms with E-state index in [4.69, 9.17) is 0 Å². The Kier molecular flexibility index (Phi) is 8.17. The fourth-order valence-corrected chi connectivity index (χ4v) is 1.21. The van der Waals surface area contributed by atoms with E-state index in [9.17, 15) is 0 Å². The van der Waals surface area contributed by atoms with Crippen LogP contribution in [0.3, 0.4) is 0 Å². The van der Waals surface area contributed by atoms with Crippen LogP contribution in [0.15, 0.2) is 12.7 Å². The molecule has 0 saturated carbocycles. The molecule has 9 heavy (non-hydrogen) atoms. The van der Waals surface area contributed by atoms with E-state index >= 15 is 0 Å². The quantitative estimate of drug-likeness (QED) is 0.514. The van der Waals surface area contributed by atoms with E-state index < -0.39 is 0 Å². The fourth-order valence-electron chi connectivity index (χ4n) is 0.571. The summed E-state index contributed by atoms with van der Waals surface area (Å²) in [6.45, 7) is 5.83. The Bertz CT molecular complexity index is 59.6. The molecule has 1 radical (unpaired) electrons. The highest BCUT2D eigenvalue weighted by Gasteiger charge is 1.84. The van der Waals surface area contributed by atoms with Crippen molar-refractivity contribution in [2.45, 2.75) is 26.2 Å². The number of thioether (sulfide) groups is 1. The van der Waals surface area contributed by atoms with Crippen LogP contribution in [0.5, 0.6) is 0 Å². The molecule has 0 heterocycles. The van der Waals surface area contributed by atoms with E-state index in [-0.39, 0.29) is 0 Å². The van der Waals surface area contributed by atoms with Gasteiger partial charge in [-0.1, -0.05) is 25.8 Å². The van der Waals surface area contributed by atoms with E-state index in [2.05, 4.69) is 19.3 Å². The molecule has 0 unspecified atom stereocenters. The molecule has 0 aromatic rings. The van der Waals surface area contributed by atoms with E-state index in [1.165, 1.54) is 25.0 Å². The predicted molar refractivity (Wildman–Crippen MR) is 46.5 cm³/mol. The zero-order valence-electron chi connectivity index (χ0n) is 6.10. The maximum atomic E-state index is 3.60. The number of hydrogen-bond donors (Lipinski definition) is 0. The van der Waals surface area contributed by atoms with Gasteiger partial charge in [-0.05, 0) is 12.2 Å². The highest BCUT2D eigenvalue weighted by molar-refractivity contribution is 8.01. The van der Waals surface area contributed by atoms with Gasteiger partial charge in [0.1, 0.15) is 0 Å². The van der Waals surface area contributed by atoms with Crippen molar-refractivity contribution in [1.82, 2.24) is 0 Å². The minimum atomic E-state index is 1.25. The smallest absolute Gasteiger partial charge is 0.0378 e. The first-order valence-electron chi connectivity index (χ1n) is 3.47. The highest BCUT2D eigenvalue weighted by atomic mass is 32.2. The fraction of sp³-hybridized carbons (Fsp3) is 0.625. The Morgan fingerprint density at radius 3 is 2.78 bits per heavy atom. The molecule has 0 atom stereocenters. The lowest BCUT2D eigenvalue weighted by atomic mass is 10.3. The number of hydrogen-bond acceptors (Lipinski definition) is 1. The van der Waals surface area contributed by atoms with Gasteiger partial charge in [-0.2, -0.15) is 11.8 Å². The van der Waals surface area contributed by atoms with Crippen molar-refractivity contribution in [3.8, 4) is 0 Å². The average Bonchev–Trinajstić information content (AvgIpc) is 1.89. The Labute approximate surface area is 62.7 Å². The van der Waals surface area contributed by atoms with Gasteiger partial charge in [0.15, 0.2) is 0 Å². The van der Waals surface area contributed by atoms with Crippen LogP contribution in [0.4, 0.5) is 0 Å². The summed E-state index contributed by atoms with van der Waals surface area (Å²) in [5, 5.41) is 0. The molecule has 1 heteroatoms. The molecule has 0 fully saturated rings. The summed E-state index contributed by atoms with van der Waals surface area (Å²) < 4.78 is 0. The summed E-state index contributed by atoms with van der Waals surface area (Å²) in [6, 6.07) is 0. The number of unbranched alkanes of at least 4 members (excludes halogenated alkanes) is 2. The molecular weight excluding hydrogens is 128 g/mol. The Morgan fingerprint density at radius 2 is 2.22 bits per heavy atom. The molecule has 0 rings (SSSR count). The second-order valence-electron chi connectivity index (χ2n) is 1.95. The first-order chi connectivity index (χ1) is 4.41. The SMILES string of the molecule is C=C[CH]SCCCCC. The number of rotatable bonds is 6. The van der Waals surface area contributed by atoms with Gasteiger partial charge in [0, 0.05) is 5.75 Å². The normalized spacial score (nSPS) is 9.44. The Hall–Kier alpha value is 0.0900. The minimum Gasteiger partial charge on any atom is -0.153 e. The molecule has 0 N–H and O–H groups in total. The first-order valence-corrected chi connectivity index (χ1v) is 4.52. The largest absolute Gasteiger partial charge is 0.153 e. The summed E-state index contributed by atoms with van der Waals surface area (Å²) in [4.78, 5) is 0. The summed E-state index contributed by atoms with van der Waals surface area (Å²) in [7, 11) is 0. The molecule has 0 aromatic carbocycles. The zero-order chi connectivity index (χ0) is 6.95. The van der Waals surface area contributed by atoms with Gasteiger partial charge in [-0.25, -0.2) is 0 Å². The molecule has 0 bridgehead atoms. The maximum Gasteiger partial charge on any atom is 0.0378 e. The molecule has 0 spiro atoms. The van der Waals surface area contributed by atoms with Crippen LogP contribution >= 0.6 is 11.8 Å². The third-order valence-corrected chi connectivity index (χ3v) is 1.97. The lowest BCUT2D eigenvalue weighted by Crippen LogP contribution is -1.76. The third-order valence-electron chi connectivity index (χ3n) is 1.06. The molecule has 0 aliphatic heterocycles. The van der Waals surface area contributed by atoms with Gasteiger partial charge in [0.05, 0.1) is 0 Å². The zero-order valence-corrected chi connectivity index (χ0v) is 6.91. The van der Waals surface area contributed by atoms with Gasteiger partial charge in [0.25, 0.3) is 0 Å². The molecule has 0 nitrogen and oxygen atoms in total. The topological polar surface area (TPSA) is 0 Å². The monoisotopic (exact) mass is 143 g/mol. The van der Waals surface area contributed by atoms with Crippen molar-refractivity contribution < 1.29 is 0 Å². The van der Waals surface area contributed by atoms with Crippen molar-refractivity contribution in [3.05, 3.63) is 18.4 Å². The van der Waals surface area contributed by atoms with E-state index in [0.29, 0.717) is 0 Å². The third kappa shape index (κ3) is 8.09. The molecule has 0 aromatic heterocycles. The summed E-state index contributed by atoms with van der Waals surface area (Å²) in [5.74, 6) is 3.30. The van der Waals surface area contributed by atoms with Crippen LogP contribution < -0.4 is 0 Å². The van der Waals surface area contributed by atoms with Gasteiger partial charge >= 0.3 is 0 Å². The van der Waals surface area contributed by atoms with E-state index in [0.717, 1.165) is 0 Å². The summed E-state index contributed by atoms with van der Waals surface area (Å²) in [5.41, 5.74) is 0. The van der Waals surface area contributed by atoms with Crippen LogP contribution in [-0.2, 0) is 0 Å². The van der Waals surface area contributed by atoms with E-state index in [1.807, 2.05) is 17.8 Å². The van der Waals surface area contributed by atoms with Gasteiger partial charge in [-0.3, -0.25) is 0 Å². The van der Waals surface area contributed by atoms with Crippen LogP contribution in [0, 0.1) is 5.75 Å². The van der Waals surface area contributed by atoms with Crippen LogP contribution in [0.25, 0.3) is 0 Å². The minimum absolute atomic E-state index is 1.25. The van der Waals surface area contributed by atoms with Crippen molar-refractivity contribution in [2.24, 2.45) is 0 Å². The summed E-state index contributed by atoms with van der Waals surface area (Å²) >= 11 is 1.85. The lowest BCUT2D eigenvalue weighted by Gasteiger charge is -1.94. The molecule has 0 aliphatic rings. The Morgan fingerprint density at radius 1 is 1.44 bits per heavy atom. The van der Waals surface area contributed by atoms with Crippen LogP contribution in [-0.4, -0.2) is 5.75 Å². The molecule has 0 amide bonds. The highest BCUT2D eigenvalue weighted by Crippen LogP contribution is 2.08. The van der Waals surface area contributed by atoms with Gasteiger partial charge in [0.2, 0.25) is 0 Å². The van der Waals surface area contributed by atoms with Crippen LogP contribution in [0.2, 0.25) is 0 Å². The van der Waals surface area contributed by atoms with Gasteiger partial charge < -0.3 is 0 Å². The second kappa shape index (κ2) is 8.09. The average molecular weight is 143 g/mol. The van der Waals surface area contributed by atoms with Crippen molar-refractivity contribution in [1.29, 1.82) is 0 Å². The lowest BCUT2D eigenvalue weighted by molar-refractivity contribution is 0.779. The molecular formula is C8H15S. The second-order valence-corrected chi connectivity index (χ2v) is 2.96.